The number of aryl methyl sites for hydroxylation is 2. The Labute approximate surface area is 113 Å². The molecular weight excluding hydrogens is 240 g/mol. The van der Waals surface area contributed by atoms with Crippen molar-refractivity contribution in [3.63, 3.8) is 0 Å². The SMILES string of the molecule is COc1cc(C)nc(CNCCc2cnn(C)c2)c1. The van der Waals surface area contributed by atoms with Crippen molar-refractivity contribution in [1.82, 2.24) is 20.1 Å². The summed E-state index contributed by atoms with van der Waals surface area (Å²) in [6.45, 7) is 3.63. The second-order valence-corrected chi connectivity index (χ2v) is 4.59. The first-order valence-electron chi connectivity index (χ1n) is 6.37. The van der Waals surface area contributed by atoms with Crippen molar-refractivity contribution in [2.24, 2.45) is 7.05 Å². The van der Waals surface area contributed by atoms with Crippen molar-refractivity contribution >= 4 is 0 Å². The molecule has 0 saturated heterocycles. The average Bonchev–Trinajstić information content (AvgIpc) is 2.80. The van der Waals surface area contributed by atoms with Crippen LogP contribution in [0.1, 0.15) is 17.0 Å². The van der Waals surface area contributed by atoms with E-state index in [1.807, 2.05) is 43.2 Å². The van der Waals surface area contributed by atoms with Gasteiger partial charge in [-0.15, -0.1) is 0 Å². The van der Waals surface area contributed by atoms with Gasteiger partial charge in [-0.05, 0) is 25.5 Å². The summed E-state index contributed by atoms with van der Waals surface area (Å²) in [5.41, 5.74) is 3.22. The van der Waals surface area contributed by atoms with Crippen LogP contribution < -0.4 is 10.1 Å². The van der Waals surface area contributed by atoms with E-state index in [-0.39, 0.29) is 0 Å². The predicted molar refractivity (Wildman–Crippen MR) is 74.1 cm³/mol. The molecular formula is C14H20N4O. The number of methoxy groups -OCH3 is 1. The van der Waals surface area contributed by atoms with E-state index in [2.05, 4.69) is 15.4 Å². The Morgan fingerprint density at radius 2 is 2.21 bits per heavy atom. The van der Waals surface area contributed by atoms with Gasteiger partial charge in [0.25, 0.3) is 0 Å². The molecule has 0 aliphatic heterocycles. The average molecular weight is 260 g/mol. The number of pyridine rings is 1. The minimum absolute atomic E-state index is 0.748. The zero-order valence-electron chi connectivity index (χ0n) is 11.7. The predicted octanol–water partition coefficient (Wildman–Crippen LogP) is 1.46. The van der Waals surface area contributed by atoms with Gasteiger partial charge in [-0.25, -0.2) is 0 Å². The van der Waals surface area contributed by atoms with Gasteiger partial charge in [0.1, 0.15) is 5.75 Å². The lowest BCUT2D eigenvalue weighted by Crippen LogP contribution is -2.17. The highest BCUT2D eigenvalue weighted by Crippen LogP contribution is 2.12. The Kier molecular flexibility index (Phi) is 4.52. The summed E-state index contributed by atoms with van der Waals surface area (Å²) in [6.07, 6.45) is 4.90. The van der Waals surface area contributed by atoms with Gasteiger partial charge < -0.3 is 10.1 Å². The maximum atomic E-state index is 5.24. The van der Waals surface area contributed by atoms with Crippen LogP contribution in [0.2, 0.25) is 0 Å². The van der Waals surface area contributed by atoms with E-state index >= 15 is 0 Å². The van der Waals surface area contributed by atoms with E-state index in [4.69, 9.17) is 4.74 Å². The van der Waals surface area contributed by atoms with Crippen molar-refractivity contribution < 1.29 is 4.74 Å². The molecule has 2 rings (SSSR count). The van der Waals surface area contributed by atoms with Crippen molar-refractivity contribution in [3.05, 3.63) is 41.5 Å². The molecule has 0 aromatic carbocycles. The molecule has 102 valence electrons. The van der Waals surface area contributed by atoms with Gasteiger partial charge >= 0.3 is 0 Å². The van der Waals surface area contributed by atoms with Gasteiger partial charge in [0.15, 0.2) is 0 Å². The molecule has 0 aliphatic carbocycles. The summed E-state index contributed by atoms with van der Waals surface area (Å²) < 4.78 is 7.06. The molecule has 0 saturated carbocycles. The molecule has 0 spiro atoms. The summed E-state index contributed by atoms with van der Waals surface area (Å²) in [5.74, 6) is 0.858. The Morgan fingerprint density at radius 3 is 2.89 bits per heavy atom. The first-order valence-corrected chi connectivity index (χ1v) is 6.37. The lowest BCUT2D eigenvalue weighted by molar-refractivity contribution is 0.412. The summed E-state index contributed by atoms with van der Waals surface area (Å²) in [7, 11) is 3.61. The van der Waals surface area contributed by atoms with Crippen molar-refractivity contribution in [2.45, 2.75) is 19.9 Å². The van der Waals surface area contributed by atoms with Crippen LogP contribution in [0, 0.1) is 6.92 Å². The van der Waals surface area contributed by atoms with E-state index < -0.39 is 0 Å². The number of hydrogen-bond donors (Lipinski definition) is 1. The van der Waals surface area contributed by atoms with Gasteiger partial charge in [0, 0.05) is 37.6 Å². The van der Waals surface area contributed by atoms with Crippen molar-refractivity contribution in [2.75, 3.05) is 13.7 Å². The van der Waals surface area contributed by atoms with Gasteiger partial charge in [0.05, 0.1) is 19.0 Å². The molecule has 0 radical (unpaired) electrons. The number of ether oxygens (including phenoxy) is 1. The van der Waals surface area contributed by atoms with Crippen LogP contribution in [0.3, 0.4) is 0 Å². The van der Waals surface area contributed by atoms with Crippen LogP contribution in [0.5, 0.6) is 5.75 Å². The Balaban J connectivity index is 1.80. The fourth-order valence-electron chi connectivity index (χ4n) is 1.96. The highest BCUT2D eigenvalue weighted by molar-refractivity contribution is 5.26. The molecule has 2 heterocycles. The normalized spacial score (nSPS) is 10.7. The van der Waals surface area contributed by atoms with Crippen molar-refractivity contribution in [3.8, 4) is 5.75 Å². The highest BCUT2D eigenvalue weighted by Gasteiger charge is 2.01. The smallest absolute Gasteiger partial charge is 0.122 e. The minimum Gasteiger partial charge on any atom is -0.497 e. The lowest BCUT2D eigenvalue weighted by Gasteiger charge is -2.07. The van der Waals surface area contributed by atoms with Crippen LogP contribution in [-0.4, -0.2) is 28.4 Å². The Morgan fingerprint density at radius 1 is 1.37 bits per heavy atom. The number of aromatic nitrogens is 3. The molecule has 0 aliphatic rings. The maximum Gasteiger partial charge on any atom is 0.122 e. The molecule has 2 aromatic rings. The first kappa shape index (κ1) is 13.5. The molecule has 0 bridgehead atoms. The van der Waals surface area contributed by atoms with Crippen LogP contribution in [-0.2, 0) is 20.0 Å². The lowest BCUT2D eigenvalue weighted by atomic mass is 10.2. The summed E-state index contributed by atoms with van der Waals surface area (Å²) in [6, 6.07) is 3.89. The maximum absolute atomic E-state index is 5.24. The third-order valence-corrected chi connectivity index (χ3v) is 2.87. The summed E-state index contributed by atoms with van der Waals surface area (Å²) in [4.78, 5) is 4.47. The standard InChI is InChI=1S/C14H20N4O/c1-11-6-14(19-3)7-13(17-11)9-15-5-4-12-8-16-18(2)10-12/h6-8,10,15H,4-5,9H2,1-3H3. The van der Waals surface area contributed by atoms with Gasteiger partial charge in [0.2, 0.25) is 0 Å². The molecule has 0 fully saturated rings. The molecule has 5 heteroatoms. The second-order valence-electron chi connectivity index (χ2n) is 4.59. The Hall–Kier alpha value is -1.88. The molecule has 0 unspecified atom stereocenters. The van der Waals surface area contributed by atoms with Crippen LogP contribution in [0.4, 0.5) is 0 Å². The fourth-order valence-corrected chi connectivity index (χ4v) is 1.96. The van der Waals surface area contributed by atoms with Gasteiger partial charge in [-0.2, -0.15) is 5.10 Å². The quantitative estimate of drug-likeness (QED) is 0.799. The molecule has 0 amide bonds. The van der Waals surface area contributed by atoms with E-state index in [1.54, 1.807) is 7.11 Å². The molecule has 5 nitrogen and oxygen atoms in total. The van der Waals surface area contributed by atoms with Crippen molar-refractivity contribution in [1.29, 1.82) is 0 Å². The third kappa shape index (κ3) is 4.06. The summed E-state index contributed by atoms with van der Waals surface area (Å²) >= 11 is 0. The van der Waals surface area contributed by atoms with E-state index in [9.17, 15) is 0 Å². The largest absolute Gasteiger partial charge is 0.497 e. The van der Waals surface area contributed by atoms with Crippen LogP contribution >= 0.6 is 0 Å². The molecule has 19 heavy (non-hydrogen) atoms. The van der Waals surface area contributed by atoms with Crippen LogP contribution in [0.25, 0.3) is 0 Å². The number of nitrogens with zero attached hydrogens (tertiary/aromatic N) is 3. The van der Waals surface area contributed by atoms with Crippen LogP contribution in [0.15, 0.2) is 24.5 Å². The zero-order valence-corrected chi connectivity index (χ0v) is 11.7. The molecule has 0 atom stereocenters. The molecule has 2 aromatic heterocycles. The number of nitrogens with one attached hydrogen (secondary N) is 1. The third-order valence-electron chi connectivity index (χ3n) is 2.87. The first-order chi connectivity index (χ1) is 9.17. The van der Waals surface area contributed by atoms with E-state index in [1.165, 1.54) is 5.56 Å². The monoisotopic (exact) mass is 260 g/mol. The second kappa shape index (κ2) is 6.33. The summed E-state index contributed by atoms with van der Waals surface area (Å²) in [5, 5.41) is 7.53. The number of hydrogen-bond acceptors (Lipinski definition) is 4. The highest BCUT2D eigenvalue weighted by atomic mass is 16.5. The van der Waals surface area contributed by atoms with E-state index in [0.29, 0.717) is 0 Å². The van der Waals surface area contributed by atoms with Gasteiger partial charge in [-0.1, -0.05) is 0 Å². The molecule has 1 N–H and O–H groups in total. The van der Waals surface area contributed by atoms with E-state index in [0.717, 1.165) is 36.6 Å². The minimum atomic E-state index is 0.748. The fraction of sp³-hybridized carbons (Fsp3) is 0.429. The zero-order chi connectivity index (χ0) is 13.7. The number of rotatable bonds is 6. The topological polar surface area (TPSA) is 52.0 Å². The Bertz CT molecular complexity index is 536. The van der Waals surface area contributed by atoms with Gasteiger partial charge in [-0.3, -0.25) is 9.67 Å².